The summed E-state index contributed by atoms with van der Waals surface area (Å²) in [5.74, 6) is 0.204. The van der Waals surface area contributed by atoms with Crippen LogP contribution in [0.5, 0.6) is 5.75 Å². The second kappa shape index (κ2) is 7.91. The third-order valence-corrected chi connectivity index (χ3v) is 4.14. The second-order valence-electron chi connectivity index (χ2n) is 6.54. The van der Waals surface area contributed by atoms with Crippen LogP contribution in [0.3, 0.4) is 0 Å². The molecule has 1 saturated heterocycles. The van der Waals surface area contributed by atoms with Crippen molar-refractivity contribution in [2.45, 2.75) is 19.1 Å². The first-order valence-corrected chi connectivity index (χ1v) is 8.35. The van der Waals surface area contributed by atoms with Crippen LogP contribution in [0.1, 0.15) is 11.3 Å². The maximum atomic E-state index is 13.0. The molecule has 0 radical (unpaired) electrons. The van der Waals surface area contributed by atoms with Crippen LogP contribution in [0.25, 0.3) is 0 Å². The fourth-order valence-electron chi connectivity index (χ4n) is 2.82. The highest BCUT2D eigenvalue weighted by Gasteiger charge is 2.33. The lowest BCUT2D eigenvalue weighted by Crippen LogP contribution is -2.48. The predicted molar refractivity (Wildman–Crippen MR) is 91.9 cm³/mol. The standard InChI is InChI=1S/C19H23FN2O3/c1-15-2-3-16(10-21-15)11-22-8-9-24-13-19(23,12-22)14-25-18-6-4-17(20)5-7-18/h2-7,10,23H,8-9,11-14H2,1H3/t19-/m1/s1. The van der Waals surface area contributed by atoms with E-state index in [2.05, 4.69) is 9.88 Å². The molecule has 25 heavy (non-hydrogen) atoms. The zero-order chi connectivity index (χ0) is 17.7. The molecule has 5 nitrogen and oxygen atoms in total. The molecule has 3 rings (SSSR count). The average Bonchev–Trinajstić information content (AvgIpc) is 2.78. The number of halogens is 1. The Morgan fingerprint density at radius 1 is 1.28 bits per heavy atom. The summed E-state index contributed by atoms with van der Waals surface area (Å²) in [6.45, 7) is 4.65. The van der Waals surface area contributed by atoms with E-state index in [1.54, 1.807) is 12.1 Å². The Morgan fingerprint density at radius 2 is 2.08 bits per heavy atom. The summed E-state index contributed by atoms with van der Waals surface area (Å²) < 4.78 is 24.2. The van der Waals surface area contributed by atoms with Crippen molar-refractivity contribution >= 4 is 0 Å². The fraction of sp³-hybridized carbons (Fsp3) is 0.421. The quantitative estimate of drug-likeness (QED) is 0.899. The van der Waals surface area contributed by atoms with Gasteiger partial charge in [-0.3, -0.25) is 9.88 Å². The first kappa shape index (κ1) is 17.8. The molecular formula is C19H23FN2O3. The number of β-amino-alcohol motifs (C(OH)–C–C–N with tert-alkyl or cyclic N) is 1. The number of ether oxygens (including phenoxy) is 2. The molecule has 0 spiro atoms. The minimum atomic E-state index is -1.12. The minimum Gasteiger partial charge on any atom is -0.490 e. The Kier molecular flexibility index (Phi) is 5.63. The van der Waals surface area contributed by atoms with E-state index < -0.39 is 5.60 Å². The highest BCUT2D eigenvalue weighted by atomic mass is 19.1. The van der Waals surface area contributed by atoms with Gasteiger partial charge in [-0.2, -0.15) is 0 Å². The Hall–Kier alpha value is -2.02. The van der Waals surface area contributed by atoms with Gasteiger partial charge in [0.2, 0.25) is 0 Å². The van der Waals surface area contributed by atoms with E-state index in [9.17, 15) is 9.50 Å². The summed E-state index contributed by atoms with van der Waals surface area (Å²) in [5, 5.41) is 10.9. The van der Waals surface area contributed by atoms with Gasteiger partial charge in [-0.1, -0.05) is 6.07 Å². The van der Waals surface area contributed by atoms with Gasteiger partial charge in [0.05, 0.1) is 13.2 Å². The van der Waals surface area contributed by atoms with Gasteiger partial charge in [-0.25, -0.2) is 4.39 Å². The Labute approximate surface area is 147 Å². The van der Waals surface area contributed by atoms with Crippen molar-refractivity contribution in [3.63, 3.8) is 0 Å². The number of nitrogens with zero attached hydrogens (tertiary/aromatic N) is 2. The van der Waals surface area contributed by atoms with Crippen LogP contribution in [-0.4, -0.2) is 53.5 Å². The number of aromatic nitrogens is 1. The van der Waals surface area contributed by atoms with Crippen LogP contribution in [-0.2, 0) is 11.3 Å². The van der Waals surface area contributed by atoms with Gasteiger partial charge in [-0.05, 0) is 42.8 Å². The molecule has 1 aromatic heterocycles. The monoisotopic (exact) mass is 346 g/mol. The number of hydrogen-bond donors (Lipinski definition) is 1. The van der Waals surface area contributed by atoms with Gasteiger partial charge in [0.25, 0.3) is 0 Å². The largest absolute Gasteiger partial charge is 0.490 e. The SMILES string of the molecule is Cc1ccc(CN2CCOC[C@@](O)(COc3ccc(F)cc3)C2)cn1. The molecule has 1 aliphatic heterocycles. The van der Waals surface area contributed by atoms with Crippen molar-refractivity contribution in [2.75, 3.05) is 32.9 Å². The lowest BCUT2D eigenvalue weighted by Gasteiger charge is -2.30. The summed E-state index contributed by atoms with van der Waals surface area (Å²) >= 11 is 0. The fourth-order valence-corrected chi connectivity index (χ4v) is 2.82. The smallest absolute Gasteiger partial charge is 0.134 e. The van der Waals surface area contributed by atoms with E-state index in [1.807, 2.05) is 25.3 Å². The molecule has 1 N–H and O–H groups in total. The van der Waals surface area contributed by atoms with Crippen molar-refractivity contribution in [1.29, 1.82) is 0 Å². The predicted octanol–water partition coefficient (Wildman–Crippen LogP) is 2.17. The van der Waals surface area contributed by atoms with Crippen LogP contribution < -0.4 is 4.74 Å². The minimum absolute atomic E-state index is 0.0846. The lowest BCUT2D eigenvalue weighted by atomic mass is 10.1. The van der Waals surface area contributed by atoms with Crippen molar-refractivity contribution in [3.8, 4) is 5.75 Å². The summed E-state index contributed by atoms with van der Waals surface area (Å²) in [6, 6.07) is 9.78. The van der Waals surface area contributed by atoms with Crippen LogP contribution in [0.4, 0.5) is 4.39 Å². The number of hydrogen-bond acceptors (Lipinski definition) is 5. The number of pyridine rings is 1. The Balaban J connectivity index is 1.61. The molecule has 2 heterocycles. The van der Waals surface area contributed by atoms with E-state index in [1.165, 1.54) is 12.1 Å². The zero-order valence-electron chi connectivity index (χ0n) is 14.3. The zero-order valence-corrected chi connectivity index (χ0v) is 14.3. The maximum Gasteiger partial charge on any atom is 0.134 e. The molecule has 1 fully saturated rings. The van der Waals surface area contributed by atoms with E-state index in [0.29, 0.717) is 25.4 Å². The van der Waals surface area contributed by atoms with Crippen LogP contribution in [0.15, 0.2) is 42.6 Å². The molecule has 2 aromatic rings. The third-order valence-electron chi connectivity index (χ3n) is 4.14. The van der Waals surface area contributed by atoms with Gasteiger partial charge in [0.1, 0.15) is 23.8 Å². The van der Waals surface area contributed by atoms with Crippen molar-refractivity contribution < 1.29 is 19.0 Å². The number of rotatable bonds is 5. The van der Waals surface area contributed by atoms with Crippen LogP contribution in [0.2, 0.25) is 0 Å². The molecule has 0 bridgehead atoms. The topological polar surface area (TPSA) is 54.8 Å². The molecule has 0 unspecified atom stereocenters. The number of benzene rings is 1. The molecular weight excluding hydrogens is 323 g/mol. The summed E-state index contributed by atoms with van der Waals surface area (Å²) in [5.41, 5.74) is 0.949. The van der Waals surface area contributed by atoms with E-state index in [0.717, 1.165) is 17.8 Å². The van der Waals surface area contributed by atoms with Gasteiger partial charge in [0, 0.05) is 31.5 Å². The Bertz CT molecular complexity index is 678. The maximum absolute atomic E-state index is 13.0. The first-order valence-electron chi connectivity index (χ1n) is 8.35. The normalized spacial score (nSPS) is 21.7. The molecule has 0 aliphatic carbocycles. The highest BCUT2D eigenvalue weighted by molar-refractivity contribution is 5.22. The molecule has 0 amide bonds. The summed E-state index contributed by atoms with van der Waals surface area (Å²) in [4.78, 5) is 6.44. The molecule has 6 heteroatoms. The number of aryl methyl sites for hydroxylation is 1. The van der Waals surface area contributed by atoms with Crippen molar-refractivity contribution in [1.82, 2.24) is 9.88 Å². The molecule has 1 atom stereocenters. The van der Waals surface area contributed by atoms with Gasteiger partial charge in [-0.15, -0.1) is 0 Å². The van der Waals surface area contributed by atoms with Crippen molar-refractivity contribution in [3.05, 3.63) is 59.7 Å². The van der Waals surface area contributed by atoms with Gasteiger partial charge >= 0.3 is 0 Å². The van der Waals surface area contributed by atoms with E-state index in [4.69, 9.17) is 9.47 Å². The van der Waals surface area contributed by atoms with E-state index >= 15 is 0 Å². The summed E-state index contributed by atoms with van der Waals surface area (Å²) in [6.07, 6.45) is 1.86. The molecule has 134 valence electrons. The van der Waals surface area contributed by atoms with Gasteiger partial charge < -0.3 is 14.6 Å². The molecule has 1 aromatic carbocycles. The number of aliphatic hydroxyl groups is 1. The van der Waals surface area contributed by atoms with Crippen LogP contribution in [0, 0.1) is 12.7 Å². The average molecular weight is 346 g/mol. The Morgan fingerprint density at radius 3 is 2.80 bits per heavy atom. The highest BCUT2D eigenvalue weighted by Crippen LogP contribution is 2.18. The van der Waals surface area contributed by atoms with Gasteiger partial charge in [0.15, 0.2) is 0 Å². The van der Waals surface area contributed by atoms with Crippen molar-refractivity contribution in [2.24, 2.45) is 0 Å². The van der Waals surface area contributed by atoms with E-state index in [-0.39, 0.29) is 19.0 Å². The first-order chi connectivity index (χ1) is 12.0. The molecule has 1 aliphatic rings. The van der Waals surface area contributed by atoms with Crippen LogP contribution >= 0.6 is 0 Å². The molecule has 0 saturated carbocycles. The lowest BCUT2D eigenvalue weighted by molar-refractivity contribution is -0.0646. The third kappa shape index (κ3) is 5.22. The second-order valence-corrected chi connectivity index (χ2v) is 6.54. The summed E-state index contributed by atoms with van der Waals surface area (Å²) in [7, 11) is 0.